The van der Waals surface area contributed by atoms with Gasteiger partial charge in [-0.1, -0.05) is 17.7 Å². The molecule has 0 aliphatic rings. The Morgan fingerprint density at radius 1 is 0.868 bits per heavy atom. The number of hydrogen-bond donors (Lipinski definition) is 1. The number of hydrogen-bond acceptors (Lipinski definition) is 7. The van der Waals surface area contributed by atoms with E-state index in [0.29, 0.717) is 48.3 Å². The van der Waals surface area contributed by atoms with E-state index in [-0.39, 0.29) is 4.90 Å². The first-order valence-corrected chi connectivity index (χ1v) is 13.8. The number of benzene rings is 3. The number of hydrazone groups is 1. The highest BCUT2D eigenvalue weighted by atomic mass is 32.2. The molecule has 0 heterocycles. The molecule has 0 unspecified atom stereocenters. The van der Waals surface area contributed by atoms with Crippen LogP contribution in [0.15, 0.2) is 76.7 Å². The van der Waals surface area contributed by atoms with Gasteiger partial charge in [0, 0.05) is 0 Å². The summed E-state index contributed by atoms with van der Waals surface area (Å²) in [5.74, 6) is 1.17. The SMILES string of the molecule is CCOc1ccc(N(CC(=O)N/N=C\c2ccc(OCC)c(OCC)c2)S(=O)(=O)c2ccc(C)cc2)cc1. The van der Waals surface area contributed by atoms with Crippen molar-refractivity contribution in [3.63, 3.8) is 0 Å². The number of anilines is 1. The van der Waals surface area contributed by atoms with Gasteiger partial charge in [-0.15, -0.1) is 0 Å². The Morgan fingerprint density at radius 3 is 2.13 bits per heavy atom. The Hall–Kier alpha value is -4.05. The van der Waals surface area contributed by atoms with Gasteiger partial charge in [-0.2, -0.15) is 5.10 Å². The Kier molecular flexibility index (Phi) is 10.1. The van der Waals surface area contributed by atoms with E-state index in [0.717, 1.165) is 9.87 Å². The molecule has 0 spiro atoms. The molecule has 202 valence electrons. The summed E-state index contributed by atoms with van der Waals surface area (Å²) in [6.45, 7) is 8.45. The fourth-order valence-electron chi connectivity index (χ4n) is 3.52. The van der Waals surface area contributed by atoms with E-state index in [1.165, 1.54) is 18.3 Å². The minimum atomic E-state index is -4.04. The van der Waals surface area contributed by atoms with Crippen molar-refractivity contribution in [1.82, 2.24) is 5.43 Å². The van der Waals surface area contributed by atoms with Crippen LogP contribution < -0.4 is 23.9 Å². The van der Waals surface area contributed by atoms with Gasteiger partial charge in [0.25, 0.3) is 15.9 Å². The molecule has 0 aliphatic heterocycles. The lowest BCUT2D eigenvalue weighted by atomic mass is 10.2. The van der Waals surface area contributed by atoms with Gasteiger partial charge in [-0.3, -0.25) is 9.10 Å². The van der Waals surface area contributed by atoms with Crippen molar-refractivity contribution in [2.45, 2.75) is 32.6 Å². The number of amides is 1. The largest absolute Gasteiger partial charge is 0.494 e. The topological polar surface area (TPSA) is 107 Å². The lowest BCUT2D eigenvalue weighted by Gasteiger charge is -2.24. The van der Waals surface area contributed by atoms with Crippen LogP contribution in [0.3, 0.4) is 0 Å². The number of carbonyl (C=O) groups excluding carboxylic acids is 1. The zero-order valence-electron chi connectivity index (χ0n) is 22.0. The molecule has 3 rings (SSSR count). The first kappa shape index (κ1) is 28.5. The number of carbonyl (C=O) groups is 1. The van der Waals surface area contributed by atoms with Crippen molar-refractivity contribution >= 4 is 27.8 Å². The van der Waals surface area contributed by atoms with Crippen LogP contribution >= 0.6 is 0 Å². The minimum absolute atomic E-state index is 0.0751. The first-order valence-electron chi connectivity index (χ1n) is 12.3. The average Bonchev–Trinajstić information content (AvgIpc) is 2.90. The van der Waals surface area contributed by atoms with Crippen LogP contribution in [0.2, 0.25) is 0 Å². The second-order valence-corrected chi connectivity index (χ2v) is 9.98. The van der Waals surface area contributed by atoms with Crippen LogP contribution in [0.1, 0.15) is 31.9 Å². The molecule has 0 saturated carbocycles. The van der Waals surface area contributed by atoms with Crippen LogP contribution in [-0.4, -0.2) is 46.9 Å². The molecule has 3 aromatic carbocycles. The summed E-state index contributed by atoms with van der Waals surface area (Å²) in [5, 5.41) is 4.01. The Morgan fingerprint density at radius 2 is 1.50 bits per heavy atom. The van der Waals surface area contributed by atoms with E-state index in [1.807, 2.05) is 27.7 Å². The third-order valence-electron chi connectivity index (χ3n) is 5.30. The van der Waals surface area contributed by atoms with Crippen LogP contribution in [0.4, 0.5) is 5.69 Å². The van der Waals surface area contributed by atoms with Crippen LogP contribution in [0.5, 0.6) is 17.2 Å². The molecule has 0 atom stereocenters. The van der Waals surface area contributed by atoms with E-state index in [2.05, 4.69) is 10.5 Å². The summed E-state index contributed by atoms with van der Waals surface area (Å²) in [6.07, 6.45) is 1.45. The molecule has 10 heteroatoms. The standard InChI is InChI=1S/C28H33N3O6S/c1-5-35-24-13-11-23(12-14-24)31(38(33,34)25-15-8-21(4)9-16-25)20-28(32)30-29-19-22-10-17-26(36-6-2)27(18-22)37-7-3/h8-19H,5-7,20H2,1-4H3,(H,30,32)/b29-19-. The fourth-order valence-corrected chi connectivity index (χ4v) is 4.94. The van der Waals surface area contributed by atoms with Crippen molar-refractivity contribution in [1.29, 1.82) is 0 Å². The van der Waals surface area contributed by atoms with Gasteiger partial charge in [0.2, 0.25) is 0 Å². The first-order chi connectivity index (χ1) is 18.3. The van der Waals surface area contributed by atoms with Gasteiger partial charge >= 0.3 is 0 Å². The smallest absolute Gasteiger partial charge is 0.264 e. The molecule has 0 bridgehead atoms. The van der Waals surface area contributed by atoms with Gasteiger partial charge < -0.3 is 14.2 Å². The van der Waals surface area contributed by atoms with Gasteiger partial charge in [-0.25, -0.2) is 13.8 Å². The summed E-state index contributed by atoms with van der Waals surface area (Å²) < 4.78 is 44.7. The Labute approximate surface area is 224 Å². The highest BCUT2D eigenvalue weighted by molar-refractivity contribution is 7.92. The highest BCUT2D eigenvalue weighted by Crippen LogP contribution is 2.28. The van der Waals surface area contributed by atoms with Crippen molar-refractivity contribution in [3.05, 3.63) is 77.9 Å². The van der Waals surface area contributed by atoms with Gasteiger partial charge in [-0.05, 0) is 87.9 Å². The summed E-state index contributed by atoms with van der Waals surface area (Å²) in [7, 11) is -4.04. The number of aryl methyl sites for hydroxylation is 1. The molecule has 0 aliphatic carbocycles. The molecule has 1 amide bonds. The highest BCUT2D eigenvalue weighted by Gasteiger charge is 2.27. The zero-order valence-corrected chi connectivity index (χ0v) is 22.8. The van der Waals surface area contributed by atoms with Crippen molar-refractivity contribution in [3.8, 4) is 17.2 Å². The van der Waals surface area contributed by atoms with E-state index < -0.39 is 22.5 Å². The van der Waals surface area contributed by atoms with Gasteiger partial charge in [0.1, 0.15) is 12.3 Å². The number of nitrogens with one attached hydrogen (secondary N) is 1. The second-order valence-electron chi connectivity index (χ2n) is 8.12. The lowest BCUT2D eigenvalue weighted by molar-refractivity contribution is -0.119. The van der Waals surface area contributed by atoms with Crippen molar-refractivity contribution in [2.24, 2.45) is 5.10 Å². The molecule has 38 heavy (non-hydrogen) atoms. The molecule has 0 fully saturated rings. The van der Waals surface area contributed by atoms with Crippen LogP contribution in [-0.2, 0) is 14.8 Å². The maximum Gasteiger partial charge on any atom is 0.264 e. The molecule has 0 aromatic heterocycles. The number of nitrogens with zero attached hydrogens (tertiary/aromatic N) is 2. The molecular formula is C28H33N3O6S. The number of rotatable bonds is 13. The summed E-state index contributed by atoms with van der Waals surface area (Å²) >= 11 is 0. The van der Waals surface area contributed by atoms with Gasteiger partial charge in [0.15, 0.2) is 11.5 Å². The monoisotopic (exact) mass is 539 g/mol. The molecule has 9 nitrogen and oxygen atoms in total. The molecular weight excluding hydrogens is 506 g/mol. The Balaban J connectivity index is 1.81. The van der Waals surface area contributed by atoms with E-state index >= 15 is 0 Å². The number of ether oxygens (including phenoxy) is 3. The molecule has 1 N–H and O–H groups in total. The van der Waals surface area contributed by atoms with Crippen LogP contribution in [0, 0.1) is 6.92 Å². The van der Waals surface area contributed by atoms with E-state index in [4.69, 9.17) is 14.2 Å². The maximum absolute atomic E-state index is 13.5. The third-order valence-corrected chi connectivity index (χ3v) is 7.09. The molecule has 3 aromatic rings. The third kappa shape index (κ3) is 7.48. The normalized spacial score (nSPS) is 11.3. The van der Waals surface area contributed by atoms with Crippen molar-refractivity contribution < 1.29 is 27.4 Å². The zero-order chi connectivity index (χ0) is 27.5. The summed E-state index contributed by atoms with van der Waals surface area (Å²) in [4.78, 5) is 12.9. The summed E-state index contributed by atoms with van der Waals surface area (Å²) in [5.41, 5.74) is 4.33. The predicted molar refractivity (Wildman–Crippen MR) is 148 cm³/mol. The van der Waals surface area contributed by atoms with Crippen molar-refractivity contribution in [2.75, 3.05) is 30.7 Å². The van der Waals surface area contributed by atoms with E-state index in [1.54, 1.807) is 54.6 Å². The van der Waals surface area contributed by atoms with Crippen LogP contribution in [0.25, 0.3) is 0 Å². The maximum atomic E-state index is 13.5. The second kappa shape index (κ2) is 13.5. The fraction of sp³-hybridized carbons (Fsp3) is 0.286. The van der Waals surface area contributed by atoms with Gasteiger partial charge in [0.05, 0.1) is 36.6 Å². The predicted octanol–water partition coefficient (Wildman–Crippen LogP) is 4.54. The number of sulfonamides is 1. The quantitative estimate of drug-likeness (QED) is 0.253. The average molecular weight is 540 g/mol. The molecule has 0 saturated heterocycles. The lowest BCUT2D eigenvalue weighted by Crippen LogP contribution is -2.39. The minimum Gasteiger partial charge on any atom is -0.494 e. The molecule has 0 radical (unpaired) electrons. The summed E-state index contributed by atoms with van der Waals surface area (Å²) in [6, 6.07) is 18.3. The Bertz CT molecular complexity index is 1340. The van der Waals surface area contributed by atoms with E-state index in [9.17, 15) is 13.2 Å².